The second-order valence-electron chi connectivity index (χ2n) is 8.57. The lowest BCUT2D eigenvalue weighted by molar-refractivity contribution is 0.0933. The Balaban J connectivity index is 1.62. The average Bonchev–Trinajstić information content (AvgIpc) is 3.51. The van der Waals surface area contributed by atoms with Crippen LogP contribution in [0.2, 0.25) is 0 Å². The molecular weight excluding hydrogens is 442 g/mol. The molecule has 1 aromatic carbocycles. The van der Waals surface area contributed by atoms with Gasteiger partial charge in [0.15, 0.2) is 11.3 Å². The lowest BCUT2D eigenvalue weighted by atomic mass is 10.1. The molecule has 178 valence electrons. The number of carbonyl (C=O) groups excluding carboxylic acids is 1. The Morgan fingerprint density at radius 1 is 1.12 bits per heavy atom. The Labute approximate surface area is 205 Å². The van der Waals surface area contributed by atoms with E-state index in [4.69, 9.17) is 5.10 Å². The van der Waals surface area contributed by atoms with Gasteiger partial charge in [-0.1, -0.05) is 50.2 Å². The van der Waals surface area contributed by atoms with Crippen molar-refractivity contribution in [3.05, 3.63) is 71.4 Å². The van der Waals surface area contributed by atoms with Crippen molar-refractivity contribution in [3.8, 4) is 10.4 Å². The number of amides is 1. The molecular formula is C27H33N5OS. The van der Waals surface area contributed by atoms with Crippen LogP contribution in [0, 0.1) is 0 Å². The van der Waals surface area contributed by atoms with Crippen molar-refractivity contribution in [2.75, 3.05) is 19.6 Å². The average molecular weight is 476 g/mol. The molecule has 0 bridgehead atoms. The van der Waals surface area contributed by atoms with Gasteiger partial charge in [-0.25, -0.2) is 9.67 Å². The fourth-order valence-electron chi connectivity index (χ4n) is 4.29. The molecule has 1 N–H and O–H groups in total. The minimum absolute atomic E-state index is 0.0687. The number of fused-ring (bicyclic) bond motifs is 1. The molecule has 0 aliphatic carbocycles. The van der Waals surface area contributed by atoms with Crippen molar-refractivity contribution < 1.29 is 4.79 Å². The fourth-order valence-corrected chi connectivity index (χ4v) is 5.04. The first-order chi connectivity index (χ1) is 16.6. The maximum Gasteiger partial charge on any atom is 0.272 e. The highest BCUT2D eigenvalue weighted by Crippen LogP contribution is 2.33. The van der Waals surface area contributed by atoms with Crippen LogP contribution >= 0.6 is 11.3 Å². The van der Waals surface area contributed by atoms with Crippen molar-refractivity contribution in [1.82, 2.24) is 25.0 Å². The van der Waals surface area contributed by atoms with Gasteiger partial charge in [0, 0.05) is 22.7 Å². The molecule has 6 nitrogen and oxygen atoms in total. The molecule has 34 heavy (non-hydrogen) atoms. The highest BCUT2D eigenvalue weighted by atomic mass is 32.1. The number of nitrogens with zero attached hydrogens (tertiary/aromatic N) is 4. The third-order valence-electron chi connectivity index (χ3n) is 6.19. The lowest BCUT2D eigenvalue weighted by Gasteiger charge is -2.19. The van der Waals surface area contributed by atoms with Gasteiger partial charge in [0.25, 0.3) is 5.91 Å². The van der Waals surface area contributed by atoms with Crippen molar-refractivity contribution in [2.24, 2.45) is 0 Å². The van der Waals surface area contributed by atoms with Crippen LogP contribution in [0.25, 0.3) is 21.5 Å². The Kier molecular flexibility index (Phi) is 8.08. The molecule has 3 aromatic heterocycles. The Bertz CT molecular complexity index is 1200. The number of carbonyl (C=O) groups is 1. The van der Waals surface area contributed by atoms with Crippen molar-refractivity contribution in [1.29, 1.82) is 0 Å². The quantitative estimate of drug-likeness (QED) is 0.313. The monoisotopic (exact) mass is 475 g/mol. The Hall–Kier alpha value is -3.03. The normalized spacial score (nSPS) is 12.4. The molecule has 7 heteroatoms. The van der Waals surface area contributed by atoms with Gasteiger partial charge in [-0.3, -0.25) is 4.79 Å². The van der Waals surface area contributed by atoms with E-state index in [2.05, 4.69) is 54.2 Å². The zero-order valence-corrected chi connectivity index (χ0v) is 21.0. The summed E-state index contributed by atoms with van der Waals surface area (Å²) < 4.78 is 1.85. The first-order valence-corrected chi connectivity index (χ1v) is 12.9. The predicted octanol–water partition coefficient (Wildman–Crippen LogP) is 5.45. The summed E-state index contributed by atoms with van der Waals surface area (Å²) in [6, 6.07) is 16.3. The minimum Gasteiger partial charge on any atom is -0.348 e. The largest absolute Gasteiger partial charge is 0.348 e. The molecule has 0 saturated heterocycles. The number of benzene rings is 1. The third-order valence-corrected chi connectivity index (χ3v) is 7.10. The number of thiophene rings is 1. The highest BCUT2D eigenvalue weighted by molar-refractivity contribution is 7.13. The van der Waals surface area contributed by atoms with Gasteiger partial charge in [-0.05, 0) is 62.5 Å². The smallest absolute Gasteiger partial charge is 0.272 e. The molecule has 0 radical (unpaired) electrons. The summed E-state index contributed by atoms with van der Waals surface area (Å²) in [7, 11) is 0. The third kappa shape index (κ3) is 5.54. The fraction of sp³-hybridized carbons (Fsp3) is 0.370. The maximum atomic E-state index is 13.4. The lowest BCUT2D eigenvalue weighted by Crippen LogP contribution is -2.34. The summed E-state index contributed by atoms with van der Waals surface area (Å²) in [4.78, 5) is 21.6. The van der Waals surface area contributed by atoms with Crippen LogP contribution in [0.4, 0.5) is 0 Å². The van der Waals surface area contributed by atoms with Crippen LogP contribution in [-0.2, 0) is 6.54 Å². The van der Waals surface area contributed by atoms with Crippen LogP contribution in [0.5, 0.6) is 0 Å². The SMILES string of the molecule is CCN(CC)CCC[C@H](C)NC(=O)c1nn(Cc2ccccc2)c2nccc(-c3cccs3)c12. The summed E-state index contributed by atoms with van der Waals surface area (Å²) in [5, 5.41) is 10.8. The first kappa shape index (κ1) is 24.1. The van der Waals surface area contributed by atoms with Crippen LogP contribution < -0.4 is 5.32 Å². The zero-order valence-electron chi connectivity index (χ0n) is 20.2. The van der Waals surface area contributed by atoms with Gasteiger partial charge < -0.3 is 10.2 Å². The predicted molar refractivity (Wildman–Crippen MR) is 140 cm³/mol. The number of hydrogen-bond acceptors (Lipinski definition) is 5. The van der Waals surface area contributed by atoms with Gasteiger partial charge in [0.2, 0.25) is 0 Å². The molecule has 1 amide bonds. The second-order valence-corrected chi connectivity index (χ2v) is 9.52. The van der Waals surface area contributed by atoms with Crippen LogP contribution in [0.1, 0.15) is 49.7 Å². The maximum absolute atomic E-state index is 13.4. The molecule has 0 spiro atoms. The number of pyridine rings is 1. The van der Waals surface area contributed by atoms with E-state index in [1.807, 2.05) is 40.4 Å². The molecule has 1 atom stereocenters. The molecule has 0 fully saturated rings. The van der Waals surface area contributed by atoms with Gasteiger partial charge in [-0.15, -0.1) is 11.3 Å². The second kappa shape index (κ2) is 11.4. The summed E-state index contributed by atoms with van der Waals surface area (Å²) in [5.41, 5.74) is 3.29. The van der Waals surface area contributed by atoms with Crippen LogP contribution in [-0.4, -0.2) is 51.2 Å². The molecule has 0 aliphatic heterocycles. The molecule has 0 saturated carbocycles. The van der Waals surface area contributed by atoms with Gasteiger partial charge in [-0.2, -0.15) is 5.10 Å². The zero-order chi connectivity index (χ0) is 23.9. The van der Waals surface area contributed by atoms with E-state index in [0.717, 1.165) is 59.5 Å². The first-order valence-electron chi connectivity index (χ1n) is 12.1. The van der Waals surface area contributed by atoms with Crippen molar-refractivity contribution in [3.63, 3.8) is 0 Å². The van der Waals surface area contributed by atoms with Crippen LogP contribution in [0.3, 0.4) is 0 Å². The van der Waals surface area contributed by atoms with E-state index in [9.17, 15) is 4.79 Å². The molecule has 3 heterocycles. The van der Waals surface area contributed by atoms with Gasteiger partial charge in [0.1, 0.15) is 0 Å². The van der Waals surface area contributed by atoms with Gasteiger partial charge in [0.05, 0.1) is 11.9 Å². The number of aromatic nitrogens is 3. The summed E-state index contributed by atoms with van der Waals surface area (Å²) in [6.45, 7) is 10.2. The molecule has 4 aromatic rings. The van der Waals surface area contributed by atoms with Crippen molar-refractivity contribution in [2.45, 2.75) is 46.2 Å². The Morgan fingerprint density at radius 3 is 2.62 bits per heavy atom. The molecule has 0 unspecified atom stereocenters. The van der Waals surface area contributed by atoms with Crippen molar-refractivity contribution >= 4 is 28.3 Å². The number of rotatable bonds is 11. The van der Waals surface area contributed by atoms with E-state index in [-0.39, 0.29) is 11.9 Å². The van der Waals surface area contributed by atoms with E-state index < -0.39 is 0 Å². The minimum atomic E-state index is -0.141. The van der Waals surface area contributed by atoms with Crippen LogP contribution in [0.15, 0.2) is 60.1 Å². The van der Waals surface area contributed by atoms with E-state index in [1.54, 1.807) is 17.5 Å². The molecule has 0 aliphatic rings. The van der Waals surface area contributed by atoms with E-state index >= 15 is 0 Å². The number of hydrogen-bond donors (Lipinski definition) is 1. The number of nitrogens with one attached hydrogen (secondary N) is 1. The van der Waals surface area contributed by atoms with E-state index in [0.29, 0.717) is 12.2 Å². The Morgan fingerprint density at radius 2 is 1.91 bits per heavy atom. The van der Waals surface area contributed by atoms with Gasteiger partial charge >= 0.3 is 0 Å². The standard InChI is InChI=1S/C27H33N5OS/c1-4-31(5-2)17-9-11-20(3)29-27(33)25-24-22(23-14-10-18-34-23)15-16-28-26(24)32(30-25)19-21-12-7-6-8-13-21/h6-8,10,12-16,18,20H,4-5,9,11,17,19H2,1-3H3,(H,29,33)/t20-/m0/s1. The summed E-state index contributed by atoms with van der Waals surface area (Å²) >= 11 is 1.66. The summed E-state index contributed by atoms with van der Waals surface area (Å²) in [5.74, 6) is -0.141. The van der Waals surface area contributed by atoms with E-state index in [1.165, 1.54) is 0 Å². The summed E-state index contributed by atoms with van der Waals surface area (Å²) in [6.07, 6.45) is 3.79. The molecule has 4 rings (SSSR count). The topological polar surface area (TPSA) is 63.1 Å². The highest BCUT2D eigenvalue weighted by Gasteiger charge is 2.23.